The SMILES string of the molecule is C=CCCC(=O)N(CCCOC(C)C)[C@@H]1CC(C(=O)NCCO)=C[C@H](Oc2c(I)cc(CO)cc2OC)[C@H]1O. The highest BCUT2D eigenvalue weighted by molar-refractivity contribution is 14.1. The van der Waals surface area contributed by atoms with Crippen molar-refractivity contribution >= 4 is 34.4 Å². The normalized spacial score (nSPS) is 18.9. The van der Waals surface area contributed by atoms with Crippen LogP contribution in [0.25, 0.3) is 0 Å². The molecule has 0 unspecified atom stereocenters. The first-order chi connectivity index (χ1) is 18.7. The molecule has 4 N–H and O–H groups in total. The second-order valence-corrected chi connectivity index (χ2v) is 10.6. The average molecular weight is 661 g/mol. The summed E-state index contributed by atoms with van der Waals surface area (Å²) in [4.78, 5) is 27.9. The Morgan fingerprint density at radius 3 is 2.67 bits per heavy atom. The first-order valence-electron chi connectivity index (χ1n) is 13.1. The summed E-state index contributed by atoms with van der Waals surface area (Å²) in [5.41, 5.74) is 0.970. The van der Waals surface area contributed by atoms with Crippen LogP contribution in [0.3, 0.4) is 0 Å². The van der Waals surface area contributed by atoms with E-state index in [0.29, 0.717) is 52.2 Å². The molecule has 0 heterocycles. The minimum Gasteiger partial charge on any atom is -0.493 e. The molecule has 11 heteroatoms. The van der Waals surface area contributed by atoms with Gasteiger partial charge in [0, 0.05) is 38.1 Å². The van der Waals surface area contributed by atoms with Crippen molar-refractivity contribution in [3.05, 3.63) is 45.6 Å². The van der Waals surface area contributed by atoms with E-state index in [4.69, 9.17) is 14.2 Å². The third kappa shape index (κ3) is 9.75. The average Bonchev–Trinajstić information content (AvgIpc) is 2.92. The minimum absolute atomic E-state index is 0.0485. The van der Waals surface area contributed by atoms with Crippen molar-refractivity contribution in [2.75, 3.05) is 33.4 Å². The number of carbonyl (C=O) groups is 2. The quantitative estimate of drug-likeness (QED) is 0.121. The van der Waals surface area contributed by atoms with Gasteiger partial charge in [-0.1, -0.05) is 6.08 Å². The first kappa shape index (κ1) is 33.0. The summed E-state index contributed by atoms with van der Waals surface area (Å²) in [6, 6.07) is 2.64. The number of aliphatic hydroxyl groups is 3. The lowest BCUT2D eigenvalue weighted by Gasteiger charge is -2.40. The summed E-state index contributed by atoms with van der Waals surface area (Å²) >= 11 is 2.06. The number of allylic oxidation sites excluding steroid dienone is 1. The van der Waals surface area contributed by atoms with Gasteiger partial charge in [0.05, 0.1) is 36.0 Å². The molecule has 0 fully saturated rings. The summed E-state index contributed by atoms with van der Waals surface area (Å²) in [5.74, 6) is 0.137. The summed E-state index contributed by atoms with van der Waals surface area (Å²) in [7, 11) is 1.47. The second-order valence-electron chi connectivity index (χ2n) is 9.47. The highest BCUT2D eigenvalue weighted by atomic mass is 127. The van der Waals surface area contributed by atoms with Crippen LogP contribution in [0.15, 0.2) is 36.4 Å². The van der Waals surface area contributed by atoms with E-state index in [1.54, 1.807) is 29.2 Å². The van der Waals surface area contributed by atoms with Crippen molar-refractivity contribution in [2.24, 2.45) is 0 Å². The molecule has 1 aromatic carbocycles. The van der Waals surface area contributed by atoms with Crippen LogP contribution in [-0.2, 0) is 20.9 Å². The number of hydrogen-bond donors (Lipinski definition) is 4. The molecule has 0 saturated heterocycles. The van der Waals surface area contributed by atoms with Gasteiger partial charge in [-0.15, -0.1) is 6.58 Å². The van der Waals surface area contributed by atoms with E-state index in [9.17, 15) is 24.9 Å². The number of amides is 2. The standard InChI is InChI=1S/C28H41IN2O8/c1-5-6-8-25(34)31(10-7-12-38-18(2)3)22-15-20(28(36)30-9-11-32)16-23(26(22)35)39-27-21(29)13-19(17-33)14-24(27)37-4/h5,13-14,16,18,22-23,26,32-33,35H,1,6-12,15,17H2,2-4H3,(H,30,36)/t22-,23+,26+/m1/s1. The molecule has 218 valence electrons. The number of ether oxygens (including phenoxy) is 3. The lowest BCUT2D eigenvalue weighted by atomic mass is 9.87. The Morgan fingerprint density at radius 2 is 2.05 bits per heavy atom. The number of nitrogens with zero attached hydrogens (tertiary/aromatic N) is 1. The summed E-state index contributed by atoms with van der Waals surface area (Å²) in [5, 5.41) is 32.9. The Hall–Kier alpha value is -2.19. The van der Waals surface area contributed by atoms with Gasteiger partial charge in [-0.2, -0.15) is 0 Å². The fraction of sp³-hybridized carbons (Fsp3) is 0.571. The molecule has 0 aromatic heterocycles. The van der Waals surface area contributed by atoms with Gasteiger partial charge in [0.1, 0.15) is 12.2 Å². The van der Waals surface area contributed by atoms with Crippen LogP contribution in [-0.4, -0.2) is 89.8 Å². The molecule has 2 amide bonds. The number of aliphatic hydroxyl groups excluding tert-OH is 3. The number of hydrogen-bond acceptors (Lipinski definition) is 8. The van der Waals surface area contributed by atoms with E-state index in [2.05, 4.69) is 34.5 Å². The van der Waals surface area contributed by atoms with Gasteiger partial charge in [-0.3, -0.25) is 9.59 Å². The zero-order valence-corrected chi connectivity index (χ0v) is 25.1. The largest absolute Gasteiger partial charge is 0.493 e. The zero-order chi connectivity index (χ0) is 28.9. The topological polar surface area (TPSA) is 138 Å². The molecule has 3 atom stereocenters. The highest BCUT2D eigenvalue weighted by Gasteiger charge is 2.40. The number of carbonyl (C=O) groups excluding carboxylic acids is 2. The van der Waals surface area contributed by atoms with E-state index < -0.39 is 24.2 Å². The van der Waals surface area contributed by atoms with Gasteiger partial charge in [-0.25, -0.2) is 0 Å². The molecule has 0 radical (unpaired) electrons. The van der Waals surface area contributed by atoms with Crippen LogP contribution in [0, 0.1) is 3.57 Å². The molecule has 0 spiro atoms. The molecular formula is C28H41IN2O8. The van der Waals surface area contributed by atoms with E-state index >= 15 is 0 Å². The van der Waals surface area contributed by atoms with Crippen molar-refractivity contribution in [2.45, 2.75) is 70.5 Å². The maximum Gasteiger partial charge on any atom is 0.247 e. The molecule has 2 rings (SSSR count). The van der Waals surface area contributed by atoms with Crippen LogP contribution >= 0.6 is 22.6 Å². The van der Waals surface area contributed by atoms with Gasteiger partial charge in [-0.05, 0) is 73.1 Å². The third-order valence-electron chi connectivity index (χ3n) is 6.22. The number of nitrogens with one attached hydrogen (secondary N) is 1. The smallest absolute Gasteiger partial charge is 0.247 e. The van der Waals surface area contributed by atoms with E-state index in [-0.39, 0.29) is 44.6 Å². The Bertz CT molecular complexity index is 1000. The van der Waals surface area contributed by atoms with E-state index in [1.807, 2.05) is 13.8 Å². The van der Waals surface area contributed by atoms with Gasteiger partial charge < -0.3 is 39.7 Å². The van der Waals surface area contributed by atoms with Crippen LogP contribution < -0.4 is 14.8 Å². The molecule has 0 saturated carbocycles. The Kier molecular flexibility index (Phi) is 14.2. The summed E-state index contributed by atoms with van der Waals surface area (Å²) < 4.78 is 18.0. The number of methoxy groups -OCH3 is 1. The molecule has 1 aromatic rings. The predicted octanol–water partition coefficient (Wildman–Crippen LogP) is 2.32. The Labute approximate surface area is 244 Å². The minimum atomic E-state index is -1.16. The number of benzene rings is 1. The summed E-state index contributed by atoms with van der Waals surface area (Å²) in [6.07, 6.45) is 2.49. The highest BCUT2D eigenvalue weighted by Crippen LogP contribution is 2.37. The first-order valence-corrected chi connectivity index (χ1v) is 14.2. The van der Waals surface area contributed by atoms with E-state index in [0.717, 1.165) is 0 Å². The lowest BCUT2D eigenvalue weighted by Crippen LogP contribution is -2.55. The lowest BCUT2D eigenvalue weighted by molar-refractivity contribution is -0.138. The van der Waals surface area contributed by atoms with E-state index in [1.165, 1.54) is 7.11 Å². The van der Waals surface area contributed by atoms with Crippen molar-refractivity contribution in [3.8, 4) is 11.5 Å². The van der Waals surface area contributed by atoms with Crippen LogP contribution in [0.5, 0.6) is 11.5 Å². The second kappa shape index (κ2) is 16.8. The van der Waals surface area contributed by atoms with Gasteiger partial charge >= 0.3 is 0 Å². The van der Waals surface area contributed by atoms with Gasteiger partial charge in [0.15, 0.2) is 11.5 Å². The maximum absolute atomic E-state index is 13.3. The predicted molar refractivity (Wildman–Crippen MR) is 155 cm³/mol. The van der Waals surface area contributed by atoms with Crippen molar-refractivity contribution < 1.29 is 39.1 Å². The van der Waals surface area contributed by atoms with Crippen LogP contribution in [0.1, 0.15) is 45.1 Å². The molecule has 0 bridgehead atoms. The molecule has 1 aliphatic carbocycles. The Balaban J connectivity index is 2.45. The Morgan fingerprint density at radius 1 is 1.31 bits per heavy atom. The van der Waals surface area contributed by atoms with Crippen LogP contribution in [0.4, 0.5) is 0 Å². The molecule has 39 heavy (non-hydrogen) atoms. The molecule has 0 aliphatic heterocycles. The molecule has 10 nitrogen and oxygen atoms in total. The van der Waals surface area contributed by atoms with Gasteiger partial charge in [0.2, 0.25) is 11.8 Å². The fourth-order valence-corrected chi connectivity index (χ4v) is 5.09. The van der Waals surface area contributed by atoms with Crippen molar-refractivity contribution in [1.29, 1.82) is 0 Å². The molecular weight excluding hydrogens is 619 g/mol. The molecule has 1 aliphatic rings. The van der Waals surface area contributed by atoms with Crippen LogP contribution in [0.2, 0.25) is 0 Å². The zero-order valence-electron chi connectivity index (χ0n) is 22.9. The maximum atomic E-state index is 13.3. The monoisotopic (exact) mass is 660 g/mol. The fourth-order valence-electron chi connectivity index (χ4n) is 4.29. The third-order valence-corrected chi connectivity index (χ3v) is 7.02. The van der Waals surface area contributed by atoms with Crippen molar-refractivity contribution in [1.82, 2.24) is 10.2 Å². The van der Waals surface area contributed by atoms with Gasteiger partial charge in [0.25, 0.3) is 0 Å². The number of halogens is 1. The number of rotatable bonds is 16. The summed E-state index contributed by atoms with van der Waals surface area (Å²) in [6.45, 7) is 8.01. The van der Waals surface area contributed by atoms with Crippen molar-refractivity contribution in [3.63, 3.8) is 0 Å².